The third-order valence-corrected chi connectivity index (χ3v) is 6.38. The molecule has 0 fully saturated rings. The van der Waals surface area contributed by atoms with Crippen molar-refractivity contribution in [2.75, 3.05) is 25.3 Å². The molecule has 0 aliphatic rings. The molecule has 0 radical (unpaired) electrons. The Hall–Kier alpha value is -3.57. The van der Waals surface area contributed by atoms with Crippen LogP contribution in [0, 0.1) is 6.92 Å². The molecule has 1 N–H and O–H groups in total. The van der Waals surface area contributed by atoms with E-state index in [1.807, 2.05) is 19.9 Å². The van der Waals surface area contributed by atoms with Crippen molar-refractivity contribution in [3.63, 3.8) is 0 Å². The van der Waals surface area contributed by atoms with Crippen LogP contribution in [0.15, 0.2) is 41.6 Å². The van der Waals surface area contributed by atoms with Crippen molar-refractivity contribution in [3.8, 4) is 5.75 Å². The highest BCUT2D eigenvalue weighted by atomic mass is 35.5. The van der Waals surface area contributed by atoms with Gasteiger partial charge in [0.1, 0.15) is 5.75 Å². The lowest BCUT2D eigenvalue weighted by atomic mass is 10.1. The summed E-state index contributed by atoms with van der Waals surface area (Å²) >= 11 is 7.16. The lowest BCUT2D eigenvalue weighted by Gasteiger charge is -2.16. The standard InChI is InChI=1S/C24H25ClN4O6S/c1-13-10-16(25)7-9-19(13)35-14(2)21-27-28-24(29(21)3)36-12-20(30)26-18-11-15(22(31)33-4)6-8-17(18)23(32)34-5/h6-11,14H,12H2,1-5H3,(H,26,30). The summed E-state index contributed by atoms with van der Waals surface area (Å²) in [6.45, 7) is 3.75. The molecule has 1 amide bonds. The van der Waals surface area contributed by atoms with E-state index in [1.54, 1.807) is 23.7 Å². The Bertz CT molecular complexity index is 1300. The van der Waals surface area contributed by atoms with E-state index in [4.69, 9.17) is 25.8 Å². The van der Waals surface area contributed by atoms with Crippen LogP contribution in [0.3, 0.4) is 0 Å². The number of benzene rings is 2. The van der Waals surface area contributed by atoms with Crippen molar-refractivity contribution < 1.29 is 28.6 Å². The number of thioether (sulfide) groups is 1. The summed E-state index contributed by atoms with van der Waals surface area (Å²) in [6, 6.07) is 9.52. The first kappa shape index (κ1) is 27.0. The van der Waals surface area contributed by atoms with E-state index < -0.39 is 23.9 Å². The zero-order valence-electron chi connectivity index (χ0n) is 20.3. The summed E-state index contributed by atoms with van der Waals surface area (Å²) in [7, 11) is 4.24. The van der Waals surface area contributed by atoms with Gasteiger partial charge in [0, 0.05) is 12.1 Å². The zero-order chi connectivity index (χ0) is 26.4. The predicted molar refractivity (Wildman–Crippen MR) is 135 cm³/mol. The van der Waals surface area contributed by atoms with Crippen LogP contribution in [0.1, 0.15) is 45.1 Å². The van der Waals surface area contributed by atoms with Crippen LogP contribution in [-0.2, 0) is 21.3 Å². The average Bonchev–Trinajstić information content (AvgIpc) is 3.23. The van der Waals surface area contributed by atoms with Crippen LogP contribution in [0.2, 0.25) is 5.02 Å². The van der Waals surface area contributed by atoms with Crippen LogP contribution in [0.25, 0.3) is 0 Å². The Labute approximate surface area is 217 Å². The number of carbonyl (C=O) groups excluding carboxylic acids is 3. The van der Waals surface area contributed by atoms with E-state index >= 15 is 0 Å². The molecule has 1 unspecified atom stereocenters. The molecule has 0 saturated carbocycles. The number of amides is 1. The van der Waals surface area contributed by atoms with Crippen molar-refractivity contribution in [1.29, 1.82) is 0 Å². The Morgan fingerprint density at radius 2 is 1.81 bits per heavy atom. The summed E-state index contributed by atoms with van der Waals surface area (Å²) < 4.78 is 17.2. The third-order valence-electron chi connectivity index (χ3n) is 5.13. The van der Waals surface area contributed by atoms with Gasteiger partial charge in [-0.05, 0) is 55.8 Å². The van der Waals surface area contributed by atoms with Crippen LogP contribution >= 0.6 is 23.4 Å². The molecule has 12 heteroatoms. The lowest BCUT2D eigenvalue weighted by molar-refractivity contribution is -0.113. The number of nitrogens with one attached hydrogen (secondary N) is 1. The summed E-state index contributed by atoms with van der Waals surface area (Å²) in [5, 5.41) is 12.1. The maximum atomic E-state index is 12.7. The molecule has 3 rings (SSSR count). The van der Waals surface area contributed by atoms with Gasteiger partial charge >= 0.3 is 11.9 Å². The second-order valence-electron chi connectivity index (χ2n) is 7.65. The number of aromatic nitrogens is 3. The highest BCUT2D eigenvalue weighted by Crippen LogP contribution is 2.28. The largest absolute Gasteiger partial charge is 0.482 e. The first-order valence-electron chi connectivity index (χ1n) is 10.7. The molecule has 1 heterocycles. The summed E-state index contributed by atoms with van der Waals surface area (Å²) in [6.07, 6.45) is -0.408. The van der Waals surface area contributed by atoms with Crippen molar-refractivity contribution in [1.82, 2.24) is 14.8 Å². The molecular weight excluding hydrogens is 508 g/mol. The molecule has 0 saturated heterocycles. The number of nitrogens with zero attached hydrogens (tertiary/aromatic N) is 3. The van der Waals surface area contributed by atoms with E-state index in [0.717, 1.165) is 17.3 Å². The molecule has 0 spiro atoms. The highest BCUT2D eigenvalue weighted by molar-refractivity contribution is 7.99. The van der Waals surface area contributed by atoms with Crippen LogP contribution in [-0.4, -0.2) is 52.6 Å². The number of hydrogen-bond donors (Lipinski definition) is 1. The molecule has 0 aliphatic heterocycles. The number of hydrogen-bond acceptors (Lipinski definition) is 9. The molecular formula is C24H25ClN4O6S. The van der Waals surface area contributed by atoms with E-state index in [-0.39, 0.29) is 22.6 Å². The van der Waals surface area contributed by atoms with Gasteiger partial charge in [-0.25, -0.2) is 9.59 Å². The Morgan fingerprint density at radius 1 is 1.08 bits per heavy atom. The number of aryl methyl sites for hydroxylation is 1. The number of rotatable bonds is 9. The number of ether oxygens (including phenoxy) is 3. The monoisotopic (exact) mass is 532 g/mol. The van der Waals surface area contributed by atoms with Gasteiger partial charge in [0.2, 0.25) is 5.91 Å². The van der Waals surface area contributed by atoms with E-state index in [1.165, 1.54) is 32.4 Å². The van der Waals surface area contributed by atoms with Gasteiger partial charge in [0.05, 0.1) is 36.8 Å². The fraction of sp³-hybridized carbons (Fsp3) is 0.292. The Kier molecular flexibility index (Phi) is 8.94. The highest BCUT2D eigenvalue weighted by Gasteiger charge is 2.20. The molecule has 2 aromatic carbocycles. The van der Waals surface area contributed by atoms with Gasteiger partial charge in [0.25, 0.3) is 0 Å². The Morgan fingerprint density at radius 3 is 2.47 bits per heavy atom. The fourth-order valence-electron chi connectivity index (χ4n) is 3.29. The third kappa shape index (κ3) is 6.35. The lowest BCUT2D eigenvalue weighted by Crippen LogP contribution is -2.18. The SMILES string of the molecule is COC(=O)c1ccc(C(=O)OC)c(NC(=O)CSc2nnc(C(C)Oc3ccc(Cl)cc3C)n2C)c1. The smallest absolute Gasteiger partial charge is 0.339 e. The molecule has 0 bridgehead atoms. The minimum absolute atomic E-state index is 0.0272. The van der Waals surface area contributed by atoms with E-state index in [2.05, 4.69) is 15.5 Å². The minimum Gasteiger partial charge on any atom is -0.482 e. The van der Waals surface area contributed by atoms with Crippen LogP contribution in [0.4, 0.5) is 5.69 Å². The van der Waals surface area contributed by atoms with E-state index in [0.29, 0.717) is 21.8 Å². The average molecular weight is 533 g/mol. The fourth-order valence-corrected chi connectivity index (χ4v) is 4.24. The van der Waals surface area contributed by atoms with Gasteiger partial charge in [-0.3, -0.25) is 4.79 Å². The first-order chi connectivity index (χ1) is 17.1. The van der Waals surface area contributed by atoms with Crippen molar-refractivity contribution in [3.05, 3.63) is 63.9 Å². The maximum absolute atomic E-state index is 12.7. The number of methoxy groups -OCH3 is 2. The quantitative estimate of drug-likeness (QED) is 0.319. The summed E-state index contributed by atoms with van der Waals surface area (Å²) in [4.78, 5) is 36.6. The normalized spacial score (nSPS) is 11.5. The second kappa shape index (κ2) is 11.9. The van der Waals surface area contributed by atoms with Gasteiger partial charge in [-0.15, -0.1) is 10.2 Å². The topological polar surface area (TPSA) is 122 Å². The number of halogens is 1. The minimum atomic E-state index is -0.655. The number of anilines is 1. The Balaban J connectivity index is 1.68. The molecule has 190 valence electrons. The summed E-state index contributed by atoms with van der Waals surface area (Å²) in [5.41, 5.74) is 1.31. The van der Waals surface area contributed by atoms with Crippen LogP contribution in [0.5, 0.6) is 5.75 Å². The molecule has 36 heavy (non-hydrogen) atoms. The van der Waals surface area contributed by atoms with Gasteiger partial charge < -0.3 is 24.1 Å². The van der Waals surface area contributed by atoms with Crippen molar-refractivity contribution in [2.45, 2.75) is 25.1 Å². The number of carbonyl (C=O) groups is 3. The second-order valence-corrected chi connectivity index (χ2v) is 9.03. The zero-order valence-corrected chi connectivity index (χ0v) is 21.9. The van der Waals surface area contributed by atoms with Gasteiger partial charge in [0.15, 0.2) is 17.1 Å². The van der Waals surface area contributed by atoms with Crippen molar-refractivity contribution >= 4 is 46.9 Å². The van der Waals surface area contributed by atoms with Crippen LogP contribution < -0.4 is 10.1 Å². The van der Waals surface area contributed by atoms with E-state index in [9.17, 15) is 14.4 Å². The molecule has 1 atom stereocenters. The predicted octanol–water partition coefficient (Wildman–Crippen LogP) is 4.22. The summed E-state index contributed by atoms with van der Waals surface area (Å²) in [5.74, 6) is -0.450. The van der Waals surface area contributed by atoms with Gasteiger partial charge in [-0.1, -0.05) is 23.4 Å². The molecule has 0 aliphatic carbocycles. The molecule has 3 aromatic rings. The first-order valence-corrected chi connectivity index (χ1v) is 12.1. The molecule has 10 nitrogen and oxygen atoms in total. The van der Waals surface area contributed by atoms with Crippen molar-refractivity contribution in [2.24, 2.45) is 7.05 Å². The van der Waals surface area contributed by atoms with Gasteiger partial charge in [-0.2, -0.15) is 0 Å². The molecule has 1 aromatic heterocycles. The maximum Gasteiger partial charge on any atom is 0.339 e. The number of esters is 2.